The molecule has 1 unspecified atom stereocenters. The van der Waals surface area contributed by atoms with E-state index in [9.17, 15) is 4.79 Å². The summed E-state index contributed by atoms with van der Waals surface area (Å²) >= 11 is 3.41. The molecule has 0 spiro atoms. The Hall–Kier alpha value is -1.38. The number of carbonyl (C=O) groups excluding carboxylic acids is 1. The molecule has 1 saturated heterocycles. The van der Waals surface area contributed by atoms with Gasteiger partial charge < -0.3 is 9.64 Å². The molecule has 0 aromatic heterocycles. The van der Waals surface area contributed by atoms with Gasteiger partial charge in [-0.2, -0.15) is 5.26 Å². The minimum absolute atomic E-state index is 0.0122. The number of benzene rings is 1. The van der Waals surface area contributed by atoms with E-state index in [0.29, 0.717) is 29.5 Å². The number of morpholine rings is 1. The van der Waals surface area contributed by atoms with E-state index in [4.69, 9.17) is 10.00 Å². The summed E-state index contributed by atoms with van der Waals surface area (Å²) in [5.74, 6) is -0.0515. The second-order valence-electron chi connectivity index (χ2n) is 5.53. The fraction of sp³-hybridized carbons (Fsp3) is 0.467. The lowest BCUT2D eigenvalue weighted by Gasteiger charge is -2.42. The maximum absolute atomic E-state index is 12.6. The van der Waals surface area contributed by atoms with Crippen molar-refractivity contribution in [1.82, 2.24) is 4.90 Å². The lowest BCUT2D eigenvalue weighted by Crippen LogP contribution is -2.55. The third-order valence-corrected chi connectivity index (χ3v) is 3.90. The molecule has 1 heterocycles. The molecule has 0 bridgehead atoms. The summed E-state index contributed by atoms with van der Waals surface area (Å²) in [6, 6.07) is 8.87. The van der Waals surface area contributed by atoms with Gasteiger partial charge in [0.15, 0.2) is 0 Å². The maximum atomic E-state index is 12.6. The van der Waals surface area contributed by atoms with Gasteiger partial charge in [0.2, 0.25) is 0 Å². The van der Waals surface area contributed by atoms with Crippen molar-refractivity contribution in [2.75, 3.05) is 18.4 Å². The van der Waals surface area contributed by atoms with Crippen molar-refractivity contribution >= 4 is 21.8 Å². The van der Waals surface area contributed by atoms with Gasteiger partial charge in [-0.15, -0.1) is 0 Å². The van der Waals surface area contributed by atoms with Crippen LogP contribution in [0.3, 0.4) is 0 Å². The molecule has 0 aliphatic carbocycles. The molecule has 1 aliphatic rings. The molecule has 1 atom stereocenters. The fourth-order valence-electron chi connectivity index (χ4n) is 2.44. The summed E-state index contributed by atoms with van der Waals surface area (Å²) in [4.78, 5) is 14.4. The molecule has 1 amide bonds. The van der Waals surface area contributed by atoms with Crippen LogP contribution in [0.5, 0.6) is 0 Å². The largest absolute Gasteiger partial charge is 0.368 e. The summed E-state index contributed by atoms with van der Waals surface area (Å²) in [5.41, 5.74) is 0.689. The highest BCUT2D eigenvalue weighted by Crippen LogP contribution is 2.23. The Labute approximate surface area is 127 Å². The lowest BCUT2D eigenvalue weighted by atomic mass is 10.0. The van der Waals surface area contributed by atoms with E-state index in [1.54, 1.807) is 29.2 Å². The van der Waals surface area contributed by atoms with Gasteiger partial charge in [-0.05, 0) is 32.0 Å². The topological polar surface area (TPSA) is 53.3 Å². The first kappa shape index (κ1) is 15.0. The Balaban J connectivity index is 2.21. The van der Waals surface area contributed by atoms with Gasteiger partial charge in [-0.1, -0.05) is 22.0 Å². The highest BCUT2D eigenvalue weighted by atomic mass is 79.9. The standard InChI is InChI=1S/C15H17BrN2O2/c1-15(2)10-18(9-13(7-16)20-15)14(19)12-5-3-4-11(6-12)8-17/h3-6,13H,7,9-10H2,1-2H3. The van der Waals surface area contributed by atoms with E-state index in [1.807, 2.05) is 13.8 Å². The molecule has 106 valence electrons. The van der Waals surface area contributed by atoms with Crippen molar-refractivity contribution in [2.45, 2.75) is 25.6 Å². The first-order valence-corrected chi connectivity index (χ1v) is 7.60. The van der Waals surface area contributed by atoms with Crippen LogP contribution >= 0.6 is 15.9 Å². The molecule has 1 aliphatic heterocycles. The van der Waals surface area contributed by atoms with Crippen LogP contribution in [-0.2, 0) is 4.74 Å². The van der Waals surface area contributed by atoms with Gasteiger partial charge in [0.25, 0.3) is 5.91 Å². The minimum atomic E-state index is -0.362. The number of rotatable bonds is 2. The Morgan fingerprint density at radius 2 is 2.35 bits per heavy atom. The summed E-state index contributed by atoms with van der Waals surface area (Å²) in [7, 11) is 0. The summed E-state index contributed by atoms with van der Waals surface area (Å²) in [6.45, 7) is 5.07. The Morgan fingerprint density at radius 3 is 3.00 bits per heavy atom. The summed E-state index contributed by atoms with van der Waals surface area (Å²) < 4.78 is 5.89. The summed E-state index contributed by atoms with van der Waals surface area (Å²) in [5, 5.41) is 9.61. The van der Waals surface area contributed by atoms with E-state index in [-0.39, 0.29) is 17.6 Å². The fourth-order valence-corrected chi connectivity index (χ4v) is 2.77. The number of hydrogen-bond donors (Lipinski definition) is 0. The van der Waals surface area contributed by atoms with Crippen LogP contribution in [0.25, 0.3) is 0 Å². The van der Waals surface area contributed by atoms with Crippen molar-refractivity contribution in [3.05, 3.63) is 35.4 Å². The van der Waals surface area contributed by atoms with Gasteiger partial charge in [0.05, 0.1) is 23.3 Å². The molecule has 2 rings (SSSR count). The average molecular weight is 337 g/mol. The molecule has 0 saturated carbocycles. The lowest BCUT2D eigenvalue weighted by molar-refractivity contribution is -0.116. The molecule has 0 radical (unpaired) electrons. The van der Waals surface area contributed by atoms with Gasteiger partial charge in [0, 0.05) is 24.0 Å². The zero-order valence-corrected chi connectivity index (χ0v) is 13.2. The number of carbonyl (C=O) groups is 1. The monoisotopic (exact) mass is 336 g/mol. The Kier molecular flexibility index (Phi) is 4.46. The summed E-state index contributed by atoms with van der Waals surface area (Å²) in [6.07, 6.45) is -0.0122. The van der Waals surface area contributed by atoms with Gasteiger partial charge in [-0.3, -0.25) is 4.79 Å². The van der Waals surface area contributed by atoms with E-state index < -0.39 is 0 Å². The average Bonchev–Trinajstić information content (AvgIpc) is 2.44. The number of ether oxygens (including phenoxy) is 1. The van der Waals surface area contributed by atoms with E-state index >= 15 is 0 Å². The van der Waals surface area contributed by atoms with Crippen molar-refractivity contribution in [3.8, 4) is 6.07 Å². The maximum Gasteiger partial charge on any atom is 0.254 e. The van der Waals surface area contributed by atoms with Gasteiger partial charge >= 0.3 is 0 Å². The molecule has 5 heteroatoms. The highest BCUT2D eigenvalue weighted by Gasteiger charge is 2.35. The molecule has 4 nitrogen and oxygen atoms in total. The number of hydrogen-bond acceptors (Lipinski definition) is 3. The molecule has 20 heavy (non-hydrogen) atoms. The Morgan fingerprint density at radius 1 is 1.60 bits per heavy atom. The molecule has 0 N–H and O–H groups in total. The molecule has 1 aromatic carbocycles. The van der Waals surface area contributed by atoms with Crippen molar-refractivity contribution in [1.29, 1.82) is 5.26 Å². The van der Waals surface area contributed by atoms with E-state index in [2.05, 4.69) is 22.0 Å². The zero-order valence-electron chi connectivity index (χ0n) is 11.6. The van der Waals surface area contributed by atoms with Crippen LogP contribution in [-0.4, -0.2) is 40.9 Å². The second-order valence-corrected chi connectivity index (χ2v) is 6.18. The second kappa shape index (κ2) is 5.94. The van der Waals surface area contributed by atoms with Crippen molar-refractivity contribution < 1.29 is 9.53 Å². The van der Waals surface area contributed by atoms with E-state index in [1.165, 1.54) is 0 Å². The number of halogens is 1. The number of nitrogens with zero attached hydrogens (tertiary/aromatic N) is 2. The third kappa shape index (κ3) is 3.38. The van der Waals surface area contributed by atoms with Crippen LogP contribution in [0, 0.1) is 11.3 Å². The van der Waals surface area contributed by atoms with Crippen LogP contribution in [0.1, 0.15) is 29.8 Å². The Bertz CT molecular complexity index is 551. The third-order valence-electron chi connectivity index (χ3n) is 3.18. The highest BCUT2D eigenvalue weighted by molar-refractivity contribution is 9.09. The van der Waals surface area contributed by atoms with Crippen molar-refractivity contribution in [2.24, 2.45) is 0 Å². The molecule has 1 aromatic rings. The first-order valence-electron chi connectivity index (χ1n) is 6.48. The SMILES string of the molecule is CC1(C)CN(C(=O)c2cccc(C#N)c2)CC(CBr)O1. The quantitative estimate of drug-likeness (QED) is 0.780. The normalized spacial score (nSPS) is 21.3. The van der Waals surface area contributed by atoms with Crippen molar-refractivity contribution in [3.63, 3.8) is 0 Å². The smallest absolute Gasteiger partial charge is 0.254 e. The minimum Gasteiger partial charge on any atom is -0.368 e. The number of amides is 1. The molecular weight excluding hydrogens is 320 g/mol. The van der Waals surface area contributed by atoms with E-state index in [0.717, 1.165) is 0 Å². The predicted octanol–water partition coefficient (Wildman–Crippen LogP) is 2.57. The first-order chi connectivity index (χ1) is 9.45. The molecular formula is C15H17BrN2O2. The zero-order chi connectivity index (χ0) is 14.8. The molecule has 1 fully saturated rings. The number of nitriles is 1. The number of alkyl halides is 1. The van der Waals surface area contributed by atoms with Gasteiger partial charge in [-0.25, -0.2) is 0 Å². The van der Waals surface area contributed by atoms with Crippen LogP contribution < -0.4 is 0 Å². The van der Waals surface area contributed by atoms with Crippen LogP contribution in [0.15, 0.2) is 24.3 Å². The van der Waals surface area contributed by atoms with Crippen LogP contribution in [0.2, 0.25) is 0 Å². The van der Waals surface area contributed by atoms with Crippen LogP contribution in [0.4, 0.5) is 0 Å². The van der Waals surface area contributed by atoms with Gasteiger partial charge in [0.1, 0.15) is 0 Å². The predicted molar refractivity (Wildman–Crippen MR) is 79.8 cm³/mol.